The Hall–Kier alpha value is -1.09. The van der Waals surface area contributed by atoms with Gasteiger partial charge in [-0.15, -0.1) is 0 Å². The molecule has 0 aliphatic carbocycles. The van der Waals surface area contributed by atoms with Gasteiger partial charge < -0.3 is 4.98 Å². The molecule has 2 aromatic rings. The maximum atomic E-state index is 5.72. The van der Waals surface area contributed by atoms with E-state index in [0.29, 0.717) is 5.15 Å². The third kappa shape index (κ3) is 0.973. The van der Waals surface area contributed by atoms with Crippen LogP contribution in [-0.2, 0) is 0 Å². The van der Waals surface area contributed by atoms with Crippen LogP contribution in [0.2, 0.25) is 5.15 Å². The molecule has 0 spiro atoms. The summed E-state index contributed by atoms with van der Waals surface area (Å²) in [6.45, 7) is 1.88. The van der Waals surface area contributed by atoms with Gasteiger partial charge in [-0.1, -0.05) is 11.6 Å². The number of hydrogen-bond acceptors (Lipinski definition) is 2. The Bertz CT molecular complexity index is 393. The summed E-state index contributed by atoms with van der Waals surface area (Å²) in [5.74, 6) is 0. The van der Waals surface area contributed by atoms with Crippen molar-refractivity contribution in [1.29, 1.82) is 0 Å². The van der Waals surface area contributed by atoms with E-state index >= 15 is 0 Å². The number of H-pyrrole nitrogens is 1. The van der Waals surface area contributed by atoms with Gasteiger partial charge in [-0.2, -0.15) is 0 Å². The van der Waals surface area contributed by atoms with Crippen LogP contribution in [0.3, 0.4) is 0 Å². The second-order valence-electron chi connectivity index (χ2n) is 2.33. The number of aryl methyl sites for hydroxylation is 1. The average molecular weight is 168 g/mol. The lowest BCUT2D eigenvalue weighted by Crippen LogP contribution is -1.83. The second kappa shape index (κ2) is 2.20. The Morgan fingerprint density at radius 1 is 1.55 bits per heavy atom. The van der Waals surface area contributed by atoms with Gasteiger partial charge in [-0.3, -0.25) is 0 Å². The van der Waals surface area contributed by atoms with Crippen molar-refractivity contribution in [3.05, 3.63) is 23.2 Å². The normalized spacial score (nSPS) is 10.7. The zero-order valence-corrected chi connectivity index (χ0v) is 6.68. The summed E-state index contributed by atoms with van der Waals surface area (Å²) in [5.41, 5.74) is 2.67. The lowest BCUT2D eigenvalue weighted by molar-refractivity contribution is 1.22. The topological polar surface area (TPSA) is 41.6 Å². The van der Waals surface area contributed by atoms with Gasteiger partial charge in [-0.25, -0.2) is 9.97 Å². The van der Waals surface area contributed by atoms with Gasteiger partial charge in [0.15, 0.2) is 0 Å². The monoisotopic (exact) mass is 167 g/mol. The molecule has 2 aromatic heterocycles. The average Bonchev–Trinajstić information content (AvgIpc) is 2.34. The number of nitrogens with zero attached hydrogens (tertiary/aromatic N) is 2. The summed E-state index contributed by atoms with van der Waals surface area (Å²) in [6.07, 6.45) is 1.63. The fourth-order valence-corrected chi connectivity index (χ4v) is 1.30. The van der Waals surface area contributed by atoms with E-state index in [1.807, 2.05) is 6.92 Å². The van der Waals surface area contributed by atoms with Gasteiger partial charge in [0.05, 0.1) is 17.5 Å². The smallest absolute Gasteiger partial charge is 0.131 e. The molecule has 0 aliphatic heterocycles. The lowest BCUT2D eigenvalue weighted by Gasteiger charge is -1.93. The molecule has 0 bridgehead atoms. The molecular weight excluding hydrogens is 162 g/mol. The number of nitrogens with one attached hydrogen (secondary N) is 1. The minimum absolute atomic E-state index is 0.499. The van der Waals surface area contributed by atoms with E-state index in [4.69, 9.17) is 11.6 Å². The van der Waals surface area contributed by atoms with Crippen molar-refractivity contribution < 1.29 is 0 Å². The predicted molar refractivity (Wildman–Crippen MR) is 43.6 cm³/mol. The molecule has 4 heteroatoms. The number of pyridine rings is 1. The van der Waals surface area contributed by atoms with Crippen molar-refractivity contribution in [2.45, 2.75) is 6.92 Å². The first-order chi connectivity index (χ1) is 5.27. The lowest BCUT2D eigenvalue weighted by atomic mass is 10.3. The van der Waals surface area contributed by atoms with E-state index in [0.717, 1.165) is 16.7 Å². The highest BCUT2D eigenvalue weighted by Crippen LogP contribution is 2.16. The van der Waals surface area contributed by atoms with Crippen LogP contribution in [0.4, 0.5) is 0 Å². The Morgan fingerprint density at radius 2 is 2.36 bits per heavy atom. The third-order valence-corrected chi connectivity index (χ3v) is 1.74. The zero-order chi connectivity index (χ0) is 7.84. The van der Waals surface area contributed by atoms with Gasteiger partial charge >= 0.3 is 0 Å². The van der Waals surface area contributed by atoms with E-state index in [2.05, 4.69) is 15.0 Å². The molecule has 1 N–H and O–H groups in total. The van der Waals surface area contributed by atoms with Crippen LogP contribution in [-0.4, -0.2) is 15.0 Å². The second-order valence-corrected chi connectivity index (χ2v) is 2.72. The van der Waals surface area contributed by atoms with Crippen molar-refractivity contribution in [1.82, 2.24) is 15.0 Å². The van der Waals surface area contributed by atoms with E-state index in [1.165, 1.54) is 0 Å². The molecule has 2 rings (SSSR count). The highest BCUT2D eigenvalue weighted by atomic mass is 35.5. The molecule has 0 unspecified atom stereocenters. The van der Waals surface area contributed by atoms with Gasteiger partial charge in [0.1, 0.15) is 10.7 Å². The van der Waals surface area contributed by atoms with Crippen LogP contribution in [0.25, 0.3) is 11.0 Å². The summed E-state index contributed by atoms with van der Waals surface area (Å²) in [5, 5.41) is 0.499. The zero-order valence-electron chi connectivity index (χ0n) is 5.93. The predicted octanol–water partition coefficient (Wildman–Crippen LogP) is 1.92. The van der Waals surface area contributed by atoms with E-state index < -0.39 is 0 Å². The number of hydrogen-bond donors (Lipinski definition) is 1. The van der Waals surface area contributed by atoms with Crippen molar-refractivity contribution in [3.8, 4) is 0 Å². The molecule has 0 saturated carbocycles. The quantitative estimate of drug-likeness (QED) is 0.609. The molecule has 0 fully saturated rings. The van der Waals surface area contributed by atoms with Crippen LogP contribution < -0.4 is 0 Å². The molecule has 0 aliphatic rings. The van der Waals surface area contributed by atoms with Crippen LogP contribution in [0.1, 0.15) is 5.69 Å². The van der Waals surface area contributed by atoms with E-state index in [1.54, 1.807) is 12.4 Å². The fourth-order valence-electron chi connectivity index (χ4n) is 1.07. The first-order valence-corrected chi connectivity index (χ1v) is 3.61. The van der Waals surface area contributed by atoms with Crippen LogP contribution >= 0.6 is 11.6 Å². The van der Waals surface area contributed by atoms with Crippen molar-refractivity contribution in [3.63, 3.8) is 0 Å². The first-order valence-electron chi connectivity index (χ1n) is 3.23. The minimum atomic E-state index is 0.499. The minimum Gasteiger partial charge on any atom is -0.344 e. The Labute approximate surface area is 68.4 Å². The fraction of sp³-hybridized carbons (Fsp3) is 0.143. The van der Waals surface area contributed by atoms with Crippen LogP contribution in [0, 0.1) is 6.92 Å². The van der Waals surface area contributed by atoms with Crippen LogP contribution in [0.5, 0.6) is 0 Å². The van der Waals surface area contributed by atoms with E-state index in [9.17, 15) is 0 Å². The van der Waals surface area contributed by atoms with Gasteiger partial charge in [0.2, 0.25) is 0 Å². The number of halogens is 1. The first kappa shape index (κ1) is 6.61. The molecule has 2 heterocycles. The summed E-state index contributed by atoms with van der Waals surface area (Å²) >= 11 is 5.72. The molecular formula is C7H6ClN3. The number of rotatable bonds is 0. The maximum absolute atomic E-state index is 5.72. The molecule has 0 amide bonds. The summed E-state index contributed by atoms with van der Waals surface area (Å²) in [7, 11) is 0. The summed E-state index contributed by atoms with van der Waals surface area (Å²) in [4.78, 5) is 11.1. The molecule has 11 heavy (non-hydrogen) atoms. The van der Waals surface area contributed by atoms with Gasteiger partial charge in [0, 0.05) is 6.07 Å². The third-order valence-electron chi connectivity index (χ3n) is 1.55. The molecule has 56 valence electrons. The van der Waals surface area contributed by atoms with Gasteiger partial charge in [0.25, 0.3) is 0 Å². The largest absolute Gasteiger partial charge is 0.344 e. The standard InChI is InChI=1S/C7H6ClN3/c1-4-7-5(9-3-10-7)2-6(8)11-4/h2-3H,1H3,(H,9,10). The molecule has 0 atom stereocenters. The molecule has 0 radical (unpaired) electrons. The Morgan fingerprint density at radius 3 is 3.18 bits per heavy atom. The highest BCUT2D eigenvalue weighted by Gasteiger charge is 2.01. The van der Waals surface area contributed by atoms with E-state index in [-0.39, 0.29) is 0 Å². The van der Waals surface area contributed by atoms with Crippen LogP contribution in [0.15, 0.2) is 12.4 Å². The van der Waals surface area contributed by atoms with Crippen molar-refractivity contribution in [2.24, 2.45) is 0 Å². The number of imidazole rings is 1. The molecule has 0 saturated heterocycles. The number of fused-ring (bicyclic) bond motifs is 1. The molecule has 3 nitrogen and oxygen atoms in total. The SMILES string of the molecule is Cc1nc(Cl)cc2[nH]cnc12. The Balaban J connectivity index is 2.91. The van der Waals surface area contributed by atoms with Crippen molar-refractivity contribution >= 4 is 22.6 Å². The maximum Gasteiger partial charge on any atom is 0.131 e. The number of aromatic nitrogens is 3. The summed E-state index contributed by atoms with van der Waals surface area (Å²) in [6, 6.07) is 1.76. The summed E-state index contributed by atoms with van der Waals surface area (Å²) < 4.78 is 0. The van der Waals surface area contributed by atoms with Crippen molar-refractivity contribution in [2.75, 3.05) is 0 Å². The molecule has 0 aromatic carbocycles. The highest BCUT2D eigenvalue weighted by molar-refractivity contribution is 6.30. The number of aromatic amines is 1. The Kier molecular flexibility index (Phi) is 1.32. The van der Waals surface area contributed by atoms with Gasteiger partial charge in [-0.05, 0) is 6.92 Å².